The summed E-state index contributed by atoms with van der Waals surface area (Å²) in [6.45, 7) is 0. The highest BCUT2D eigenvalue weighted by atomic mass is 35.5. The Morgan fingerprint density at radius 2 is 0.426 bits per heavy atom. The van der Waals surface area contributed by atoms with Crippen molar-refractivity contribution in [3.63, 3.8) is 0 Å². The summed E-state index contributed by atoms with van der Waals surface area (Å²) < 4.78 is 0. The molecule has 61 heavy (non-hydrogen) atoms. The molecule has 0 bridgehead atoms. The SMILES string of the molecule is ClC(C(C[P+](c1ccccc1)(c1ccccc1)c1ccccc1)[P+](c1ccccc1)(c1ccccc1)c1ccccc1)[P+](c1ccccc1)(c1ccccc1)c1ccccc1. The van der Waals surface area contributed by atoms with Crippen LogP contribution in [0.25, 0.3) is 0 Å². The molecule has 0 spiro atoms. The summed E-state index contributed by atoms with van der Waals surface area (Å²) in [6, 6.07) is 102. The molecule has 0 N–H and O–H groups in total. The van der Waals surface area contributed by atoms with Gasteiger partial charge >= 0.3 is 0 Å². The standard InChI is InChI=1S/C57H49ClP3/c58-57(61(53-40-22-7-23-41-53,54-42-24-8-25-43-54)55-44-26-9-27-45-55)56(60(50-34-16-4-17-35-50,51-36-18-5-19-37-51)52-38-20-6-21-39-52)46-59(47-28-10-1-11-29-47,48-30-12-2-13-31-48)49-32-14-3-15-33-49/h1-45,56-57H,46H2/q+3. The predicted molar refractivity (Wildman–Crippen MR) is 274 cm³/mol. The van der Waals surface area contributed by atoms with Crippen molar-refractivity contribution in [2.24, 2.45) is 0 Å². The van der Waals surface area contributed by atoms with Gasteiger partial charge in [-0.25, -0.2) is 0 Å². The molecule has 9 aromatic carbocycles. The fourth-order valence-corrected chi connectivity index (χ4v) is 27.4. The Hall–Kier alpha value is -5.44. The van der Waals surface area contributed by atoms with E-state index in [1.807, 2.05) is 0 Å². The first-order valence-electron chi connectivity index (χ1n) is 21.0. The summed E-state index contributed by atoms with van der Waals surface area (Å²) in [7, 11) is -7.92. The molecule has 0 aliphatic carbocycles. The molecule has 0 nitrogen and oxygen atoms in total. The van der Waals surface area contributed by atoms with Crippen LogP contribution in [0.4, 0.5) is 0 Å². The minimum absolute atomic E-state index is 0.0933. The van der Waals surface area contributed by atoms with Crippen LogP contribution in [0.15, 0.2) is 273 Å². The van der Waals surface area contributed by atoms with E-state index in [0.29, 0.717) is 0 Å². The van der Waals surface area contributed by atoms with Crippen LogP contribution in [0.1, 0.15) is 0 Å². The molecule has 296 valence electrons. The maximum atomic E-state index is 9.17. The van der Waals surface area contributed by atoms with Crippen molar-refractivity contribution < 1.29 is 0 Å². The monoisotopic (exact) mass is 861 g/mol. The lowest BCUT2D eigenvalue weighted by molar-refractivity contribution is 1.05. The summed E-state index contributed by atoms with van der Waals surface area (Å²) >= 11 is 9.17. The second-order valence-corrected chi connectivity index (χ2v) is 26.9. The normalized spacial score (nSPS) is 12.9. The highest BCUT2D eigenvalue weighted by Gasteiger charge is 2.68. The fourth-order valence-electron chi connectivity index (χ4n) is 9.62. The first-order chi connectivity index (χ1) is 30.2. The minimum Gasteiger partial charge on any atom is -0.0725 e. The first kappa shape index (κ1) is 40.9. The molecule has 0 heterocycles. The molecule has 0 radical (unpaired) electrons. The molecule has 0 saturated carbocycles. The summed E-state index contributed by atoms with van der Waals surface area (Å²) in [5.41, 5.74) is -0.0933. The van der Waals surface area contributed by atoms with Crippen LogP contribution in [0.2, 0.25) is 0 Å². The van der Waals surface area contributed by atoms with Crippen LogP contribution in [0.5, 0.6) is 0 Å². The van der Waals surface area contributed by atoms with Crippen molar-refractivity contribution in [3.8, 4) is 0 Å². The molecule has 2 atom stereocenters. The van der Waals surface area contributed by atoms with E-state index in [2.05, 4.69) is 273 Å². The number of halogens is 1. The molecule has 0 aliphatic rings. The Morgan fingerprint density at radius 3 is 0.639 bits per heavy atom. The van der Waals surface area contributed by atoms with E-state index in [1.54, 1.807) is 0 Å². The zero-order chi connectivity index (χ0) is 41.4. The largest absolute Gasteiger partial charge is 0.197 e. The lowest BCUT2D eigenvalue weighted by Gasteiger charge is -2.42. The van der Waals surface area contributed by atoms with Crippen LogP contribution < -0.4 is 47.7 Å². The van der Waals surface area contributed by atoms with Gasteiger partial charge in [-0.05, 0) is 109 Å². The third kappa shape index (κ3) is 7.52. The third-order valence-corrected chi connectivity index (χ3v) is 27.8. The Bertz CT molecular complexity index is 2420. The average Bonchev–Trinajstić information content (AvgIpc) is 3.36. The zero-order valence-corrected chi connectivity index (χ0v) is 37.5. The second-order valence-electron chi connectivity index (χ2n) is 15.4. The number of alkyl halides is 1. The van der Waals surface area contributed by atoms with Crippen LogP contribution in [0, 0.1) is 0 Å². The van der Waals surface area contributed by atoms with Gasteiger partial charge in [0.05, 0.1) is 0 Å². The molecule has 0 saturated heterocycles. The molecule has 0 amide bonds. The van der Waals surface area contributed by atoms with Crippen LogP contribution in [-0.2, 0) is 0 Å². The van der Waals surface area contributed by atoms with Gasteiger partial charge in [0, 0.05) is 0 Å². The van der Waals surface area contributed by atoms with Crippen molar-refractivity contribution in [3.05, 3.63) is 273 Å². The highest BCUT2D eigenvalue weighted by molar-refractivity contribution is 8.02. The van der Waals surface area contributed by atoms with Gasteiger partial charge in [0.2, 0.25) is 0 Å². The maximum absolute atomic E-state index is 9.17. The van der Waals surface area contributed by atoms with E-state index < -0.39 is 21.8 Å². The lowest BCUT2D eigenvalue weighted by Crippen LogP contribution is -2.51. The molecule has 2 unspecified atom stereocenters. The van der Waals surface area contributed by atoms with E-state index in [0.717, 1.165) is 6.16 Å². The van der Waals surface area contributed by atoms with Crippen molar-refractivity contribution in [1.82, 2.24) is 0 Å². The smallest absolute Gasteiger partial charge is 0.0725 e. The van der Waals surface area contributed by atoms with E-state index in [9.17, 15) is 11.6 Å². The molecule has 9 aromatic rings. The molecule has 9 rings (SSSR count). The van der Waals surface area contributed by atoms with E-state index in [-0.39, 0.29) is 10.8 Å². The van der Waals surface area contributed by atoms with Crippen molar-refractivity contribution >= 4 is 81.1 Å². The summed E-state index contributed by atoms with van der Waals surface area (Å²) in [4.78, 5) is 0. The molecule has 0 aliphatic heterocycles. The van der Waals surface area contributed by atoms with Crippen molar-refractivity contribution in [2.75, 3.05) is 6.16 Å². The topological polar surface area (TPSA) is 0 Å². The average molecular weight is 862 g/mol. The molecule has 0 fully saturated rings. The number of hydrogen-bond acceptors (Lipinski definition) is 0. The van der Waals surface area contributed by atoms with Gasteiger partial charge < -0.3 is 0 Å². The van der Waals surface area contributed by atoms with Gasteiger partial charge in [-0.1, -0.05) is 175 Å². The van der Waals surface area contributed by atoms with Crippen molar-refractivity contribution in [1.29, 1.82) is 0 Å². The highest BCUT2D eigenvalue weighted by Crippen LogP contribution is 2.74. The van der Waals surface area contributed by atoms with Crippen LogP contribution in [-0.4, -0.2) is 16.9 Å². The molecular formula is C57H49ClP3+3. The maximum Gasteiger partial charge on any atom is 0.197 e. The van der Waals surface area contributed by atoms with E-state index in [1.165, 1.54) is 47.7 Å². The molecular weight excluding hydrogens is 813 g/mol. The minimum atomic E-state index is -2.71. The molecule has 0 aromatic heterocycles. The van der Waals surface area contributed by atoms with Crippen molar-refractivity contribution in [2.45, 2.75) is 10.8 Å². The third-order valence-electron chi connectivity index (χ3n) is 12.2. The van der Waals surface area contributed by atoms with Gasteiger partial charge in [0.25, 0.3) is 0 Å². The van der Waals surface area contributed by atoms with Crippen LogP contribution >= 0.6 is 33.4 Å². The Labute approximate surface area is 369 Å². The zero-order valence-electron chi connectivity index (χ0n) is 34.1. The Morgan fingerprint density at radius 1 is 0.246 bits per heavy atom. The fraction of sp³-hybridized carbons (Fsp3) is 0.0526. The van der Waals surface area contributed by atoms with Gasteiger partial charge in [0.1, 0.15) is 75.7 Å². The summed E-state index contributed by atoms with van der Waals surface area (Å²) in [6.07, 6.45) is 0.833. The van der Waals surface area contributed by atoms with Gasteiger partial charge in [-0.2, -0.15) is 0 Å². The number of rotatable bonds is 14. The quantitative estimate of drug-likeness (QED) is 0.0755. The summed E-state index contributed by atoms with van der Waals surface area (Å²) in [5, 5.41) is 11.6. The van der Waals surface area contributed by atoms with E-state index >= 15 is 0 Å². The Balaban J connectivity index is 1.50. The van der Waals surface area contributed by atoms with Gasteiger partial charge in [-0.15, -0.1) is 0 Å². The van der Waals surface area contributed by atoms with E-state index in [4.69, 9.17) is 0 Å². The second kappa shape index (κ2) is 18.7. The van der Waals surface area contributed by atoms with Gasteiger partial charge in [0.15, 0.2) is 10.8 Å². The number of hydrogen-bond donors (Lipinski definition) is 0. The molecule has 4 heteroatoms. The van der Waals surface area contributed by atoms with Crippen LogP contribution in [0.3, 0.4) is 0 Å². The summed E-state index contributed by atoms with van der Waals surface area (Å²) in [5.74, 6) is 0. The predicted octanol–water partition coefficient (Wildman–Crippen LogP) is 10.9. The lowest BCUT2D eigenvalue weighted by atomic mass is 10.3. The first-order valence-corrected chi connectivity index (χ1v) is 27.1. The number of benzene rings is 9. The Kier molecular flexibility index (Phi) is 12.5. The van der Waals surface area contributed by atoms with Gasteiger partial charge in [-0.3, -0.25) is 0 Å².